The lowest BCUT2D eigenvalue weighted by atomic mass is 10.1. The lowest BCUT2D eigenvalue weighted by Gasteiger charge is -2.24. The van der Waals surface area contributed by atoms with Gasteiger partial charge < -0.3 is 20.2 Å². The van der Waals surface area contributed by atoms with Gasteiger partial charge in [0.25, 0.3) is 0 Å². The molecule has 0 spiro atoms. The minimum absolute atomic E-state index is 0.0958. The second-order valence-corrected chi connectivity index (χ2v) is 7.17. The van der Waals surface area contributed by atoms with Crippen LogP contribution in [0.3, 0.4) is 0 Å². The maximum absolute atomic E-state index is 12.6. The average Bonchev–Trinajstić information content (AvgIpc) is 3.07. The fraction of sp³-hybridized carbons (Fsp3) is 0.222. The van der Waals surface area contributed by atoms with Crippen molar-refractivity contribution in [2.75, 3.05) is 16.8 Å². The molecule has 3 aromatic rings. The number of nitrogens with zero attached hydrogens (tertiary/aromatic N) is 1. The molecule has 1 aliphatic rings. The molecule has 2 aromatic carbocycles. The van der Waals surface area contributed by atoms with E-state index in [2.05, 4.69) is 55.2 Å². The summed E-state index contributed by atoms with van der Waals surface area (Å²) in [6.07, 6.45) is 0.948. The predicted octanol–water partition coefficient (Wildman–Crippen LogP) is 3.01. The first-order valence-corrected chi connectivity index (χ1v) is 8.86. The molecule has 0 saturated carbocycles. The molecule has 6 nitrogen and oxygen atoms in total. The fourth-order valence-electron chi connectivity index (χ4n) is 3.37. The highest BCUT2D eigenvalue weighted by Gasteiger charge is 2.27. The number of nitrogens with one attached hydrogen (secondary N) is 3. The van der Waals surface area contributed by atoms with E-state index in [4.69, 9.17) is 0 Å². The molecule has 3 N–H and O–H groups in total. The first kappa shape index (κ1) is 16.0. The number of aromatic nitrogens is 2. The molecular formula is C18H17BrN4O2. The van der Waals surface area contributed by atoms with Crippen molar-refractivity contribution >= 4 is 44.2 Å². The van der Waals surface area contributed by atoms with Crippen LogP contribution in [0.2, 0.25) is 0 Å². The van der Waals surface area contributed by atoms with Crippen LogP contribution in [0.5, 0.6) is 0 Å². The lowest BCUT2D eigenvalue weighted by Crippen LogP contribution is -2.37. The van der Waals surface area contributed by atoms with Gasteiger partial charge in [-0.1, -0.05) is 18.2 Å². The molecule has 1 aromatic heterocycles. The van der Waals surface area contributed by atoms with Crippen LogP contribution in [-0.2, 0) is 11.2 Å². The number of carbonyl (C=O) groups is 1. The highest BCUT2D eigenvalue weighted by molar-refractivity contribution is 9.10. The van der Waals surface area contributed by atoms with Gasteiger partial charge in [0.15, 0.2) is 0 Å². The number of imidazole rings is 1. The van der Waals surface area contributed by atoms with E-state index in [1.54, 1.807) is 12.1 Å². The van der Waals surface area contributed by atoms with Crippen LogP contribution in [0.25, 0.3) is 11.0 Å². The summed E-state index contributed by atoms with van der Waals surface area (Å²) in [5.74, 6) is -0.0958. The van der Waals surface area contributed by atoms with Crippen molar-refractivity contribution in [1.29, 1.82) is 0 Å². The number of aromatic amines is 2. The van der Waals surface area contributed by atoms with E-state index in [1.807, 2.05) is 12.1 Å². The maximum atomic E-state index is 12.6. The number of anilines is 2. The van der Waals surface area contributed by atoms with Gasteiger partial charge in [-0.15, -0.1) is 0 Å². The summed E-state index contributed by atoms with van der Waals surface area (Å²) < 4.78 is 0.721. The fourth-order valence-corrected chi connectivity index (χ4v) is 3.81. The minimum atomic E-state index is -0.270. The van der Waals surface area contributed by atoms with Gasteiger partial charge in [-0.05, 0) is 53.0 Å². The summed E-state index contributed by atoms with van der Waals surface area (Å²) in [5.41, 5.74) is 4.10. The third-order valence-corrected chi connectivity index (χ3v) is 5.20. The van der Waals surface area contributed by atoms with Crippen LogP contribution in [0, 0.1) is 0 Å². The zero-order valence-electron chi connectivity index (χ0n) is 13.6. The van der Waals surface area contributed by atoms with Crippen molar-refractivity contribution in [1.82, 2.24) is 9.97 Å². The van der Waals surface area contributed by atoms with Crippen LogP contribution in [0.15, 0.2) is 45.7 Å². The molecular weight excluding hydrogens is 384 g/mol. The second kappa shape index (κ2) is 6.07. The smallest absolute Gasteiger partial charge is 0.323 e. The van der Waals surface area contributed by atoms with Crippen molar-refractivity contribution in [3.05, 3.63) is 56.9 Å². The number of fused-ring (bicyclic) bond motifs is 2. The third kappa shape index (κ3) is 2.95. The first-order valence-electron chi connectivity index (χ1n) is 8.07. The van der Waals surface area contributed by atoms with Gasteiger partial charge in [-0.2, -0.15) is 0 Å². The van der Waals surface area contributed by atoms with Crippen molar-refractivity contribution < 1.29 is 4.79 Å². The Morgan fingerprint density at radius 2 is 2.00 bits per heavy atom. The molecule has 7 heteroatoms. The van der Waals surface area contributed by atoms with Crippen molar-refractivity contribution in [3.8, 4) is 0 Å². The van der Waals surface area contributed by atoms with Gasteiger partial charge in [0.2, 0.25) is 5.91 Å². The Kier molecular flexibility index (Phi) is 3.88. The van der Waals surface area contributed by atoms with Crippen LogP contribution >= 0.6 is 15.9 Å². The predicted molar refractivity (Wildman–Crippen MR) is 102 cm³/mol. The molecule has 1 atom stereocenters. The Morgan fingerprint density at radius 1 is 1.28 bits per heavy atom. The van der Waals surface area contributed by atoms with Crippen LogP contribution in [-0.4, -0.2) is 28.5 Å². The lowest BCUT2D eigenvalue weighted by molar-refractivity contribution is -0.115. The quantitative estimate of drug-likeness (QED) is 0.631. The molecule has 0 fully saturated rings. The molecule has 2 heterocycles. The summed E-state index contributed by atoms with van der Waals surface area (Å²) in [5, 5.41) is 2.93. The molecule has 0 saturated heterocycles. The summed E-state index contributed by atoms with van der Waals surface area (Å²) in [7, 11) is 0. The number of H-pyrrole nitrogens is 2. The van der Waals surface area contributed by atoms with Gasteiger partial charge in [0.05, 0.1) is 23.3 Å². The topological polar surface area (TPSA) is 81.0 Å². The maximum Gasteiger partial charge on any atom is 0.323 e. The van der Waals surface area contributed by atoms with Gasteiger partial charge in [-0.3, -0.25) is 4.79 Å². The minimum Gasteiger partial charge on any atom is -0.359 e. The molecule has 0 aliphatic carbocycles. The molecule has 0 bridgehead atoms. The highest BCUT2D eigenvalue weighted by Crippen LogP contribution is 2.32. The van der Waals surface area contributed by atoms with Crippen molar-refractivity contribution in [2.24, 2.45) is 0 Å². The van der Waals surface area contributed by atoms with E-state index in [-0.39, 0.29) is 24.2 Å². The molecule has 1 aliphatic heterocycles. The van der Waals surface area contributed by atoms with Crippen molar-refractivity contribution in [2.45, 2.75) is 19.4 Å². The second-order valence-electron chi connectivity index (χ2n) is 6.31. The molecule has 1 amide bonds. The van der Waals surface area contributed by atoms with Gasteiger partial charge in [0, 0.05) is 16.2 Å². The zero-order chi connectivity index (χ0) is 17.6. The number of benzene rings is 2. The number of halogens is 1. The molecule has 0 unspecified atom stereocenters. The zero-order valence-corrected chi connectivity index (χ0v) is 15.2. The normalized spacial score (nSPS) is 16.2. The molecule has 4 rings (SSSR count). The van der Waals surface area contributed by atoms with Crippen molar-refractivity contribution in [3.63, 3.8) is 0 Å². The van der Waals surface area contributed by atoms with Gasteiger partial charge >= 0.3 is 5.69 Å². The number of hydrogen-bond acceptors (Lipinski definition) is 3. The molecule has 128 valence electrons. The first-order chi connectivity index (χ1) is 12.0. The molecule has 0 radical (unpaired) electrons. The monoisotopic (exact) mass is 400 g/mol. The average molecular weight is 401 g/mol. The Labute approximate surface area is 152 Å². The summed E-state index contributed by atoms with van der Waals surface area (Å²) in [6, 6.07) is 12.0. The van der Waals surface area contributed by atoms with E-state index in [9.17, 15) is 9.59 Å². The number of amides is 1. The highest BCUT2D eigenvalue weighted by atomic mass is 79.9. The largest absolute Gasteiger partial charge is 0.359 e. The van der Waals surface area contributed by atoms with E-state index in [1.165, 1.54) is 5.56 Å². The van der Waals surface area contributed by atoms with Crippen LogP contribution in [0.4, 0.5) is 11.4 Å². The standard InChI is InChI=1S/C18H17BrN4O2/c1-10-6-11-4-2-3-5-16(11)23(10)9-17(24)20-13-8-15-14(7-12(13)19)21-18(25)22-15/h2-5,7-8,10H,6,9H2,1H3,(H,20,24)(H2,21,22,25)/t10-/m1/s1. The van der Waals surface area contributed by atoms with E-state index >= 15 is 0 Å². The third-order valence-electron chi connectivity index (χ3n) is 4.54. The van der Waals surface area contributed by atoms with Crippen LogP contribution in [0.1, 0.15) is 12.5 Å². The number of para-hydroxylation sites is 1. The Bertz CT molecular complexity index is 1020. The number of carbonyl (C=O) groups excluding carboxylic acids is 1. The van der Waals surface area contributed by atoms with E-state index in [0.717, 1.165) is 16.6 Å². The Balaban J connectivity index is 1.55. The Morgan fingerprint density at radius 3 is 2.80 bits per heavy atom. The summed E-state index contributed by atoms with van der Waals surface area (Å²) >= 11 is 3.44. The van der Waals surface area contributed by atoms with Gasteiger partial charge in [-0.25, -0.2) is 4.79 Å². The number of rotatable bonds is 3. The summed E-state index contributed by atoms with van der Waals surface area (Å²) in [4.78, 5) is 31.5. The van der Waals surface area contributed by atoms with Crippen LogP contribution < -0.4 is 15.9 Å². The Hall–Kier alpha value is -2.54. The van der Waals surface area contributed by atoms with E-state index < -0.39 is 0 Å². The number of hydrogen-bond donors (Lipinski definition) is 3. The molecule has 25 heavy (non-hydrogen) atoms. The SMILES string of the molecule is C[C@@H]1Cc2ccccc2N1CC(=O)Nc1cc2[nH]c(=O)[nH]c2cc1Br. The van der Waals surface area contributed by atoms with Gasteiger partial charge in [0.1, 0.15) is 0 Å². The van der Waals surface area contributed by atoms with E-state index in [0.29, 0.717) is 16.7 Å². The summed E-state index contributed by atoms with van der Waals surface area (Å²) in [6.45, 7) is 2.41.